The molecule has 6 nitrogen and oxygen atoms in total. The van der Waals surface area contributed by atoms with Crippen LogP contribution >= 0.6 is 0 Å². The number of aromatic nitrogens is 2. The van der Waals surface area contributed by atoms with Crippen LogP contribution in [-0.4, -0.2) is 41.4 Å². The summed E-state index contributed by atoms with van der Waals surface area (Å²) < 4.78 is 16.9. The van der Waals surface area contributed by atoms with Gasteiger partial charge in [0.2, 0.25) is 0 Å². The Bertz CT molecular complexity index is 846. The molecule has 0 unspecified atom stereocenters. The van der Waals surface area contributed by atoms with E-state index < -0.39 is 12.1 Å². The van der Waals surface area contributed by atoms with Crippen LogP contribution in [0.25, 0.3) is 11.4 Å². The second kappa shape index (κ2) is 15.6. The zero-order valence-corrected chi connectivity index (χ0v) is 21.5. The second-order valence-corrected chi connectivity index (χ2v) is 9.50. The fourth-order valence-corrected chi connectivity index (χ4v) is 4.27. The maximum absolute atomic E-state index is 12.4. The molecule has 0 spiro atoms. The van der Waals surface area contributed by atoms with Crippen molar-refractivity contribution in [2.24, 2.45) is 0 Å². The van der Waals surface area contributed by atoms with E-state index in [-0.39, 0.29) is 12.7 Å². The molecule has 0 saturated carbocycles. The fourth-order valence-electron chi connectivity index (χ4n) is 4.27. The molecular weight excluding hydrogens is 440 g/mol. The van der Waals surface area contributed by atoms with Gasteiger partial charge >= 0.3 is 5.97 Å². The van der Waals surface area contributed by atoms with Gasteiger partial charge in [-0.05, 0) is 24.8 Å². The van der Waals surface area contributed by atoms with Crippen molar-refractivity contribution in [3.63, 3.8) is 0 Å². The summed E-state index contributed by atoms with van der Waals surface area (Å²) >= 11 is 0. The zero-order valence-electron chi connectivity index (χ0n) is 21.5. The Morgan fingerprint density at radius 1 is 0.857 bits per heavy atom. The van der Waals surface area contributed by atoms with Crippen LogP contribution in [0.2, 0.25) is 0 Å². The van der Waals surface area contributed by atoms with Gasteiger partial charge < -0.3 is 14.2 Å². The van der Waals surface area contributed by atoms with Gasteiger partial charge in [-0.15, -0.1) is 0 Å². The van der Waals surface area contributed by atoms with Gasteiger partial charge in [-0.25, -0.2) is 14.8 Å². The predicted octanol–water partition coefficient (Wildman–Crippen LogP) is 6.71. The Hall–Kier alpha value is -2.31. The van der Waals surface area contributed by atoms with Crippen molar-refractivity contribution in [1.29, 1.82) is 0 Å². The summed E-state index contributed by atoms with van der Waals surface area (Å²) in [6.07, 6.45) is 17.1. The number of hydrogen-bond acceptors (Lipinski definition) is 6. The highest BCUT2D eigenvalue weighted by Gasteiger charge is 2.29. The highest BCUT2D eigenvalue weighted by molar-refractivity contribution is 5.77. The minimum absolute atomic E-state index is 0.0655. The summed E-state index contributed by atoms with van der Waals surface area (Å²) in [5, 5.41) is 0. The van der Waals surface area contributed by atoms with E-state index in [1.807, 2.05) is 0 Å². The molecule has 1 saturated heterocycles. The Balaban J connectivity index is 1.39. The minimum atomic E-state index is -0.708. The van der Waals surface area contributed by atoms with Crippen molar-refractivity contribution >= 4 is 5.97 Å². The first-order valence-electron chi connectivity index (χ1n) is 13.6. The predicted molar refractivity (Wildman–Crippen MR) is 138 cm³/mol. The maximum atomic E-state index is 12.4. The Morgan fingerprint density at radius 3 is 2.17 bits per heavy atom. The van der Waals surface area contributed by atoms with Gasteiger partial charge in [-0.3, -0.25) is 0 Å². The lowest BCUT2D eigenvalue weighted by Crippen LogP contribution is -2.42. The molecule has 1 aliphatic rings. The SMILES string of the molecule is CCCCCCCCc1ccc(-c2ncc(OC(=O)[C@@H]3CO[C@@H](CCCCCC)CO3)cn2)cc1. The maximum Gasteiger partial charge on any atom is 0.343 e. The van der Waals surface area contributed by atoms with Gasteiger partial charge in [0.15, 0.2) is 17.7 Å². The zero-order chi connectivity index (χ0) is 24.7. The molecule has 1 aromatic heterocycles. The fraction of sp³-hybridized carbons (Fsp3) is 0.621. The summed E-state index contributed by atoms with van der Waals surface area (Å²) in [5.74, 6) is 0.452. The van der Waals surface area contributed by atoms with Crippen molar-refractivity contribution in [2.75, 3.05) is 13.2 Å². The third kappa shape index (κ3) is 9.69. The van der Waals surface area contributed by atoms with Crippen molar-refractivity contribution < 1.29 is 19.0 Å². The lowest BCUT2D eigenvalue weighted by molar-refractivity contribution is -0.173. The van der Waals surface area contributed by atoms with Gasteiger partial charge in [-0.1, -0.05) is 95.9 Å². The number of carbonyl (C=O) groups excluding carboxylic acids is 1. The smallest absolute Gasteiger partial charge is 0.343 e. The highest BCUT2D eigenvalue weighted by atomic mass is 16.6. The Labute approximate surface area is 210 Å². The summed E-state index contributed by atoms with van der Waals surface area (Å²) in [4.78, 5) is 21.2. The molecule has 0 N–H and O–H groups in total. The molecular formula is C29H42N2O4. The molecule has 2 aromatic rings. The molecule has 0 aliphatic carbocycles. The topological polar surface area (TPSA) is 70.5 Å². The molecule has 1 aromatic carbocycles. The van der Waals surface area contributed by atoms with Crippen molar-refractivity contribution in [2.45, 2.75) is 103 Å². The summed E-state index contributed by atoms with van der Waals surface area (Å²) in [5.41, 5.74) is 2.29. The molecule has 2 atom stereocenters. The third-order valence-electron chi connectivity index (χ3n) is 6.49. The number of hydrogen-bond donors (Lipinski definition) is 0. The number of ether oxygens (including phenoxy) is 3. The average molecular weight is 483 g/mol. The monoisotopic (exact) mass is 482 g/mol. The molecule has 0 radical (unpaired) electrons. The van der Waals surface area contributed by atoms with Crippen LogP contribution in [0.15, 0.2) is 36.7 Å². The van der Waals surface area contributed by atoms with Gasteiger partial charge in [0.25, 0.3) is 0 Å². The molecule has 0 bridgehead atoms. The van der Waals surface area contributed by atoms with Crippen molar-refractivity contribution in [1.82, 2.24) is 9.97 Å². The second-order valence-electron chi connectivity index (χ2n) is 9.50. The van der Waals surface area contributed by atoms with Crippen molar-refractivity contribution in [3.8, 4) is 17.1 Å². The van der Waals surface area contributed by atoms with Crippen LogP contribution in [0.4, 0.5) is 0 Å². The molecule has 3 rings (SSSR count). The molecule has 35 heavy (non-hydrogen) atoms. The van der Waals surface area contributed by atoms with Crippen LogP contribution in [-0.2, 0) is 20.7 Å². The first-order valence-corrected chi connectivity index (χ1v) is 13.6. The lowest BCUT2D eigenvalue weighted by atomic mass is 10.0. The van der Waals surface area contributed by atoms with E-state index in [1.54, 1.807) is 0 Å². The van der Waals surface area contributed by atoms with E-state index in [4.69, 9.17) is 14.2 Å². The number of nitrogens with zero attached hydrogens (tertiary/aromatic N) is 2. The Morgan fingerprint density at radius 2 is 1.51 bits per heavy atom. The van der Waals surface area contributed by atoms with Crippen molar-refractivity contribution in [3.05, 3.63) is 42.2 Å². The van der Waals surface area contributed by atoms with Crippen LogP contribution in [0, 0.1) is 0 Å². The van der Waals surface area contributed by atoms with Crippen LogP contribution in [0.5, 0.6) is 5.75 Å². The van der Waals surface area contributed by atoms with Gasteiger partial charge in [-0.2, -0.15) is 0 Å². The van der Waals surface area contributed by atoms with Gasteiger partial charge in [0.05, 0.1) is 31.7 Å². The first kappa shape index (κ1) is 27.3. The number of esters is 1. The van der Waals surface area contributed by atoms with E-state index in [2.05, 4.69) is 48.1 Å². The largest absolute Gasteiger partial charge is 0.421 e. The normalized spacial score (nSPS) is 17.9. The van der Waals surface area contributed by atoms with E-state index in [0.29, 0.717) is 18.2 Å². The number of unbranched alkanes of at least 4 members (excludes halogenated alkanes) is 8. The van der Waals surface area contributed by atoms with Crippen LogP contribution < -0.4 is 4.74 Å². The summed E-state index contributed by atoms with van der Waals surface area (Å²) in [6, 6.07) is 8.41. The number of benzene rings is 1. The number of rotatable bonds is 15. The number of aryl methyl sites for hydroxylation is 1. The standard InChI is InChI=1S/C29H42N2O4/c1-3-5-7-9-10-11-13-23-15-17-24(18-16-23)28-30-19-26(20-31-28)35-29(32)27-22-33-25(21-34-27)14-12-8-6-4-2/h15-20,25,27H,3-14,21-22H2,1-2H3/t25-,27-/m0/s1. The minimum Gasteiger partial charge on any atom is -0.421 e. The molecule has 192 valence electrons. The molecule has 1 aliphatic heterocycles. The van der Waals surface area contributed by atoms with E-state index in [1.165, 1.54) is 75.7 Å². The Kier molecular flexibility index (Phi) is 12.2. The summed E-state index contributed by atoms with van der Waals surface area (Å²) in [7, 11) is 0. The quantitative estimate of drug-likeness (QED) is 0.208. The lowest BCUT2D eigenvalue weighted by Gasteiger charge is -2.28. The molecule has 1 fully saturated rings. The first-order chi connectivity index (χ1) is 17.2. The van der Waals surface area contributed by atoms with Gasteiger partial charge in [0.1, 0.15) is 0 Å². The van der Waals surface area contributed by atoms with Crippen LogP contribution in [0.3, 0.4) is 0 Å². The molecule has 6 heteroatoms. The van der Waals surface area contributed by atoms with E-state index in [0.717, 1.165) is 24.8 Å². The van der Waals surface area contributed by atoms with E-state index >= 15 is 0 Å². The molecule has 2 heterocycles. The highest BCUT2D eigenvalue weighted by Crippen LogP contribution is 2.20. The number of carbonyl (C=O) groups is 1. The molecule has 0 amide bonds. The van der Waals surface area contributed by atoms with Crippen LogP contribution in [0.1, 0.15) is 90.0 Å². The van der Waals surface area contributed by atoms with E-state index in [9.17, 15) is 4.79 Å². The third-order valence-corrected chi connectivity index (χ3v) is 6.49. The average Bonchev–Trinajstić information content (AvgIpc) is 2.90. The van der Waals surface area contributed by atoms with Gasteiger partial charge in [0, 0.05) is 5.56 Å². The summed E-state index contributed by atoms with van der Waals surface area (Å²) in [6.45, 7) is 5.10.